The highest BCUT2D eigenvalue weighted by molar-refractivity contribution is 7.48. The van der Waals surface area contributed by atoms with E-state index in [-0.39, 0.29) is 54.6 Å². The topological polar surface area (TPSA) is 235 Å². The van der Waals surface area contributed by atoms with E-state index in [1.165, 1.54) is 30.9 Å². The maximum atomic E-state index is 13.8. The first-order valence-corrected chi connectivity index (χ1v) is 27.8. The van der Waals surface area contributed by atoms with Crippen molar-refractivity contribution < 1.29 is 65.7 Å². The summed E-state index contributed by atoms with van der Waals surface area (Å²) >= 11 is 0. The van der Waals surface area contributed by atoms with Crippen LogP contribution in [0, 0.1) is 23.7 Å². The second-order valence-corrected chi connectivity index (χ2v) is 22.0. The Bertz CT molecular complexity index is 2050. The maximum Gasteiger partial charge on any atom is 0.477 e. The second kappa shape index (κ2) is 34.5. The second-order valence-electron chi connectivity index (χ2n) is 19.1. The first-order valence-electron chi connectivity index (χ1n) is 24.8. The highest BCUT2D eigenvalue weighted by Crippen LogP contribution is 2.51. The standard InChI is InChI=1S/C33H50N3O7P.C19H38N3O7P/c1-9-10-17-26(4)31(30(32(37)34-5)36(8)33(38)29(25(2)3)35(6)7)40-24-43-44(39,41-22-27-18-13-11-14-19-27)42-23-28-20-15-12-16-21-28;1-9-10-11-14(4)17(28-12-29-30(25,26)27)16(18(23)20-5)22(8)19(24)15(13(2)3)21(6)7/h9-16,18-21,25-26,29-31H,17,22-24H2,1-8H3,(H,34,37);9-10,13-17H,11-12H2,1-8H3,(H,20,23)(H2,25,26,27)/b2*10-9+. The van der Waals surface area contributed by atoms with E-state index < -0.39 is 71.5 Å². The Labute approximate surface area is 441 Å². The van der Waals surface area contributed by atoms with Crippen LogP contribution in [0.3, 0.4) is 0 Å². The minimum absolute atomic E-state index is 0.00176. The summed E-state index contributed by atoms with van der Waals surface area (Å²) in [7, 11) is 4.50. The fraction of sp³-hybridized carbons (Fsp3) is 0.615. The number of carbonyl (C=O) groups excluding carboxylic acids is 4. The van der Waals surface area contributed by atoms with E-state index in [1.54, 1.807) is 26.0 Å². The predicted molar refractivity (Wildman–Crippen MR) is 287 cm³/mol. The lowest BCUT2D eigenvalue weighted by Crippen LogP contribution is -2.59. The number of nitrogens with zero attached hydrogens (tertiary/aromatic N) is 4. The van der Waals surface area contributed by atoms with Crippen LogP contribution < -0.4 is 10.6 Å². The lowest BCUT2D eigenvalue weighted by Gasteiger charge is -2.39. The van der Waals surface area contributed by atoms with Gasteiger partial charge in [0.05, 0.1) is 37.5 Å². The first kappa shape index (κ1) is 67.9. The molecule has 0 aliphatic carbocycles. The molecule has 0 aliphatic heterocycles. The number of phosphoric ester groups is 2. The number of likely N-dealkylation sites (N-methyl/N-ethyl adjacent to an activating group) is 6. The molecule has 8 atom stereocenters. The summed E-state index contributed by atoms with van der Waals surface area (Å²) in [5.74, 6) is -1.78. The summed E-state index contributed by atoms with van der Waals surface area (Å²) in [5.41, 5.74) is 1.58. The van der Waals surface area contributed by atoms with Crippen molar-refractivity contribution in [1.82, 2.24) is 30.2 Å². The fourth-order valence-electron chi connectivity index (χ4n) is 8.30. The van der Waals surface area contributed by atoms with Crippen molar-refractivity contribution in [1.29, 1.82) is 0 Å². The molecule has 420 valence electrons. The summed E-state index contributed by atoms with van der Waals surface area (Å²) in [5, 5.41) is 5.24. The van der Waals surface area contributed by atoms with Crippen LogP contribution >= 0.6 is 15.6 Å². The average molecular weight is 1080 g/mol. The molecular formula is C52H88N6O14P2. The van der Waals surface area contributed by atoms with Crippen LogP contribution in [-0.2, 0) is 69.1 Å². The molecule has 0 fully saturated rings. The molecule has 0 aliphatic rings. The Morgan fingerprint density at radius 2 is 0.892 bits per heavy atom. The molecule has 0 bridgehead atoms. The van der Waals surface area contributed by atoms with E-state index in [0.29, 0.717) is 12.8 Å². The number of amides is 4. The van der Waals surface area contributed by atoms with Gasteiger partial charge in [0.1, 0.15) is 12.1 Å². The van der Waals surface area contributed by atoms with Crippen molar-refractivity contribution >= 4 is 39.3 Å². The van der Waals surface area contributed by atoms with Gasteiger partial charge in [-0.1, -0.05) is 127 Å². The monoisotopic (exact) mass is 1080 g/mol. The van der Waals surface area contributed by atoms with Crippen molar-refractivity contribution in [2.24, 2.45) is 23.7 Å². The van der Waals surface area contributed by atoms with Gasteiger partial charge in [0, 0.05) is 28.2 Å². The third-order valence-electron chi connectivity index (χ3n) is 12.1. The predicted octanol–water partition coefficient (Wildman–Crippen LogP) is 6.85. The van der Waals surface area contributed by atoms with Gasteiger partial charge in [-0.2, -0.15) is 0 Å². The lowest BCUT2D eigenvalue weighted by atomic mass is 9.91. The van der Waals surface area contributed by atoms with Crippen LogP contribution in [0.25, 0.3) is 0 Å². The maximum absolute atomic E-state index is 13.8. The minimum atomic E-state index is -4.75. The summed E-state index contributed by atoms with van der Waals surface area (Å²) in [6.45, 7) is 14.1. The number of ether oxygens (including phenoxy) is 2. The Hall–Kier alpha value is -4.14. The molecule has 22 heteroatoms. The molecule has 0 radical (unpaired) electrons. The zero-order valence-electron chi connectivity index (χ0n) is 46.6. The van der Waals surface area contributed by atoms with E-state index in [0.717, 1.165) is 11.1 Å². The van der Waals surface area contributed by atoms with Gasteiger partial charge >= 0.3 is 15.6 Å². The summed E-state index contributed by atoms with van der Waals surface area (Å²) in [6.07, 6.45) is 7.06. The SMILES string of the molecule is C/C=C/CC(C)C(OCOP(=O)(O)O)C(C(=O)NC)N(C)C(=O)C(C(C)C)N(C)C.C/C=C/CC(C)C(OCOP(=O)(OCc1ccccc1)OCc1ccccc1)C(C(=O)NC)N(C)C(=O)C(C(C)C)N(C)C. The van der Waals surface area contributed by atoms with Gasteiger partial charge in [0.25, 0.3) is 0 Å². The molecule has 8 unspecified atom stereocenters. The molecule has 0 spiro atoms. The summed E-state index contributed by atoms with van der Waals surface area (Å²) in [4.78, 5) is 77.4. The third-order valence-corrected chi connectivity index (χ3v) is 13.8. The number of hydrogen-bond donors (Lipinski definition) is 4. The van der Waals surface area contributed by atoms with Gasteiger partial charge in [0.2, 0.25) is 23.6 Å². The zero-order chi connectivity index (χ0) is 56.3. The molecule has 20 nitrogen and oxygen atoms in total. The largest absolute Gasteiger partial charge is 0.477 e. The lowest BCUT2D eigenvalue weighted by molar-refractivity contribution is -0.156. The number of benzene rings is 2. The van der Waals surface area contributed by atoms with Gasteiger partial charge in [-0.25, -0.2) is 9.13 Å². The molecule has 0 aromatic heterocycles. The van der Waals surface area contributed by atoms with Gasteiger partial charge in [-0.15, -0.1) is 0 Å². The molecular weight excluding hydrogens is 995 g/mol. The Kier molecular flexibility index (Phi) is 31.7. The number of hydrogen-bond acceptors (Lipinski definition) is 14. The quantitative estimate of drug-likeness (QED) is 0.0333. The molecule has 2 aromatic carbocycles. The van der Waals surface area contributed by atoms with Crippen molar-refractivity contribution in [3.63, 3.8) is 0 Å². The smallest absolute Gasteiger partial charge is 0.357 e. The van der Waals surface area contributed by atoms with E-state index in [1.807, 2.05) is 159 Å². The first-order chi connectivity index (χ1) is 34.7. The van der Waals surface area contributed by atoms with E-state index in [4.69, 9.17) is 32.8 Å². The number of nitrogens with one attached hydrogen (secondary N) is 2. The number of phosphoric acid groups is 2. The molecule has 4 amide bonds. The number of carbonyl (C=O) groups is 4. The van der Waals surface area contributed by atoms with Gasteiger partial charge in [0.15, 0.2) is 13.6 Å². The Morgan fingerprint density at radius 1 is 0.554 bits per heavy atom. The number of rotatable bonds is 32. The van der Waals surface area contributed by atoms with Crippen LogP contribution in [0.2, 0.25) is 0 Å². The van der Waals surface area contributed by atoms with Gasteiger partial charge in [-0.05, 0) is 89.7 Å². The molecule has 74 heavy (non-hydrogen) atoms. The van der Waals surface area contributed by atoms with Crippen molar-refractivity contribution in [2.45, 2.75) is 118 Å². The van der Waals surface area contributed by atoms with Crippen molar-refractivity contribution in [2.75, 3.05) is 70.0 Å². The Balaban J connectivity index is 0.000000799. The average Bonchev–Trinajstić information content (AvgIpc) is 3.34. The molecule has 2 aromatic rings. The third kappa shape index (κ3) is 23.4. The zero-order valence-corrected chi connectivity index (χ0v) is 48.4. The Morgan fingerprint density at radius 3 is 1.18 bits per heavy atom. The minimum Gasteiger partial charge on any atom is -0.357 e. The van der Waals surface area contributed by atoms with Crippen LogP contribution in [0.15, 0.2) is 85.0 Å². The number of allylic oxidation sites excluding steroid dienone is 4. The summed E-state index contributed by atoms with van der Waals surface area (Å²) < 4.78 is 58.2. The van der Waals surface area contributed by atoms with Gasteiger partial charge < -0.3 is 39.7 Å². The highest BCUT2D eigenvalue weighted by Gasteiger charge is 2.43. The van der Waals surface area contributed by atoms with Crippen LogP contribution in [0.5, 0.6) is 0 Å². The summed E-state index contributed by atoms with van der Waals surface area (Å²) in [6, 6.07) is 15.6. The van der Waals surface area contributed by atoms with Gasteiger partial charge in [-0.3, -0.25) is 47.1 Å². The van der Waals surface area contributed by atoms with Crippen molar-refractivity contribution in [3.8, 4) is 0 Å². The van der Waals surface area contributed by atoms with E-state index in [2.05, 4.69) is 15.2 Å². The highest BCUT2D eigenvalue weighted by atomic mass is 31.2. The molecule has 0 heterocycles. The van der Waals surface area contributed by atoms with E-state index >= 15 is 0 Å². The van der Waals surface area contributed by atoms with Crippen LogP contribution in [0.4, 0.5) is 0 Å². The van der Waals surface area contributed by atoms with Crippen LogP contribution in [0.1, 0.15) is 79.4 Å². The molecule has 4 N–H and O–H groups in total. The van der Waals surface area contributed by atoms with Crippen molar-refractivity contribution in [3.05, 3.63) is 96.1 Å². The van der Waals surface area contributed by atoms with E-state index in [9.17, 15) is 28.3 Å². The molecule has 2 rings (SSSR count). The molecule has 0 saturated carbocycles. The fourth-order valence-corrected chi connectivity index (χ4v) is 9.53. The normalized spacial score (nSPS) is 15.5. The van der Waals surface area contributed by atoms with Crippen LogP contribution in [-0.4, -0.2) is 159 Å². The molecule has 0 saturated heterocycles.